The molecule has 0 aromatic heterocycles. The number of aliphatic hydroxyl groups excluding tert-OH is 1. The average molecular weight is 232 g/mol. The van der Waals surface area contributed by atoms with Gasteiger partial charge in [0.25, 0.3) is 0 Å². The number of aliphatic hydroxyl groups is 1. The third kappa shape index (κ3) is 6.63. The third-order valence-corrected chi connectivity index (χ3v) is 1.93. The van der Waals surface area contributed by atoms with E-state index >= 15 is 0 Å². The molecule has 0 radical (unpaired) electrons. The largest absolute Gasteiger partial charge is 0.443 e. The predicted molar refractivity (Wildman–Crippen MR) is 62.3 cm³/mol. The lowest BCUT2D eigenvalue weighted by atomic mass is 10.1. The smallest absolute Gasteiger partial charge is 0.426 e. The Bertz CT molecular complexity index is 224. The highest BCUT2D eigenvalue weighted by Gasteiger charge is 2.24. The number of amides is 1. The molecule has 0 aliphatic rings. The van der Waals surface area contributed by atoms with Gasteiger partial charge in [-0.3, -0.25) is 0 Å². The lowest BCUT2D eigenvalue weighted by Gasteiger charge is -2.27. The number of carbonyl (C=O) groups excluding carboxylic acids is 1. The molecular weight excluding hydrogens is 208 g/mol. The summed E-state index contributed by atoms with van der Waals surface area (Å²) in [4.78, 5) is 11.5. The van der Waals surface area contributed by atoms with Gasteiger partial charge in [-0.25, -0.2) is 15.6 Å². The first-order valence-corrected chi connectivity index (χ1v) is 5.58. The molecule has 1 unspecified atom stereocenters. The Morgan fingerprint density at radius 1 is 1.38 bits per heavy atom. The van der Waals surface area contributed by atoms with Crippen LogP contribution in [0.1, 0.15) is 47.5 Å². The number of hydrogen-bond acceptors (Lipinski definition) is 4. The van der Waals surface area contributed by atoms with Gasteiger partial charge in [-0.1, -0.05) is 13.8 Å². The first kappa shape index (κ1) is 15.2. The molecule has 5 heteroatoms. The van der Waals surface area contributed by atoms with Gasteiger partial charge in [0.2, 0.25) is 0 Å². The minimum absolute atomic E-state index is 0.452. The zero-order valence-corrected chi connectivity index (χ0v) is 10.9. The summed E-state index contributed by atoms with van der Waals surface area (Å²) in [5, 5.41) is 10.4. The van der Waals surface area contributed by atoms with Gasteiger partial charge >= 0.3 is 6.09 Å². The third-order valence-electron chi connectivity index (χ3n) is 1.93. The van der Waals surface area contributed by atoms with Crippen molar-refractivity contribution in [2.24, 2.45) is 11.8 Å². The molecule has 0 saturated carbocycles. The number of ether oxygens (including phenoxy) is 1. The number of rotatable bonds is 4. The summed E-state index contributed by atoms with van der Waals surface area (Å²) in [6.45, 7) is 9.33. The fraction of sp³-hybridized carbons (Fsp3) is 0.909. The van der Waals surface area contributed by atoms with Crippen molar-refractivity contribution in [2.75, 3.05) is 0 Å². The normalized spacial score (nSPS) is 13.8. The van der Waals surface area contributed by atoms with E-state index in [1.807, 2.05) is 13.8 Å². The van der Waals surface area contributed by atoms with Gasteiger partial charge in [0.05, 0.1) is 0 Å². The van der Waals surface area contributed by atoms with E-state index in [-0.39, 0.29) is 0 Å². The molecule has 0 saturated heterocycles. The lowest BCUT2D eigenvalue weighted by molar-refractivity contribution is -0.0355. The number of carbonyl (C=O) groups is 1. The minimum Gasteiger partial charge on any atom is -0.443 e. The van der Waals surface area contributed by atoms with Crippen LogP contribution in [-0.4, -0.2) is 28.0 Å². The SMILES string of the molecule is CC(C)CCC(O)N(N)C(=O)OC(C)(C)C. The van der Waals surface area contributed by atoms with E-state index < -0.39 is 17.9 Å². The predicted octanol–water partition coefficient (Wildman–Crippen LogP) is 1.85. The lowest BCUT2D eigenvalue weighted by Crippen LogP contribution is -2.48. The van der Waals surface area contributed by atoms with Crippen LogP contribution in [-0.2, 0) is 4.74 Å². The summed E-state index contributed by atoms with van der Waals surface area (Å²) >= 11 is 0. The van der Waals surface area contributed by atoms with Crippen LogP contribution in [0.15, 0.2) is 0 Å². The molecule has 0 aliphatic carbocycles. The van der Waals surface area contributed by atoms with Crippen LogP contribution in [0.5, 0.6) is 0 Å². The first-order valence-electron chi connectivity index (χ1n) is 5.58. The minimum atomic E-state index is -0.989. The maximum Gasteiger partial charge on any atom is 0.426 e. The van der Waals surface area contributed by atoms with Crippen LogP contribution in [0.3, 0.4) is 0 Å². The van der Waals surface area contributed by atoms with Crippen LogP contribution < -0.4 is 5.84 Å². The summed E-state index contributed by atoms with van der Waals surface area (Å²) in [5.41, 5.74) is -0.605. The van der Waals surface area contributed by atoms with Crippen molar-refractivity contribution < 1.29 is 14.6 Å². The number of hydrazine groups is 1. The molecule has 0 aromatic carbocycles. The molecule has 5 nitrogen and oxygen atoms in total. The van der Waals surface area contributed by atoms with Crippen LogP contribution in [0.2, 0.25) is 0 Å². The van der Waals surface area contributed by atoms with Crippen molar-refractivity contribution in [3.8, 4) is 0 Å². The molecule has 0 aliphatic heterocycles. The summed E-state index contributed by atoms with van der Waals surface area (Å²) in [7, 11) is 0. The first-order chi connectivity index (χ1) is 7.13. The van der Waals surface area contributed by atoms with Crippen molar-refractivity contribution in [1.29, 1.82) is 0 Å². The monoisotopic (exact) mass is 232 g/mol. The molecule has 3 N–H and O–H groups in total. The molecule has 1 amide bonds. The van der Waals surface area contributed by atoms with E-state index in [2.05, 4.69) is 0 Å². The van der Waals surface area contributed by atoms with Crippen molar-refractivity contribution in [3.05, 3.63) is 0 Å². The van der Waals surface area contributed by atoms with E-state index in [1.54, 1.807) is 20.8 Å². The second kappa shape index (κ2) is 6.06. The Balaban J connectivity index is 4.12. The molecule has 1 atom stereocenters. The maximum absolute atomic E-state index is 11.5. The summed E-state index contributed by atoms with van der Waals surface area (Å²) in [5.74, 6) is 5.92. The topological polar surface area (TPSA) is 75.8 Å². The Morgan fingerprint density at radius 2 is 1.88 bits per heavy atom. The quantitative estimate of drug-likeness (QED) is 0.336. The molecule has 0 heterocycles. The molecular formula is C11H24N2O3. The molecule has 0 bridgehead atoms. The zero-order chi connectivity index (χ0) is 12.9. The highest BCUT2D eigenvalue weighted by atomic mass is 16.6. The van der Waals surface area contributed by atoms with E-state index in [0.717, 1.165) is 11.4 Å². The Labute approximate surface area is 97.5 Å². The second-order valence-electron chi connectivity index (χ2n) is 5.34. The average Bonchev–Trinajstić information content (AvgIpc) is 2.10. The van der Waals surface area contributed by atoms with Crippen LogP contribution >= 0.6 is 0 Å². The van der Waals surface area contributed by atoms with Gasteiger partial charge in [-0.2, -0.15) is 0 Å². The molecule has 0 fully saturated rings. The van der Waals surface area contributed by atoms with Crippen molar-refractivity contribution >= 4 is 6.09 Å². The van der Waals surface area contributed by atoms with E-state index in [0.29, 0.717) is 12.3 Å². The fourth-order valence-electron chi connectivity index (χ4n) is 1.06. The van der Waals surface area contributed by atoms with Gasteiger partial charge in [0.15, 0.2) is 0 Å². The van der Waals surface area contributed by atoms with Gasteiger partial charge in [0, 0.05) is 0 Å². The Morgan fingerprint density at radius 3 is 2.25 bits per heavy atom. The Hall–Kier alpha value is -0.810. The van der Waals surface area contributed by atoms with Gasteiger partial charge < -0.3 is 9.84 Å². The van der Waals surface area contributed by atoms with Crippen LogP contribution in [0.4, 0.5) is 4.79 Å². The highest BCUT2D eigenvalue weighted by molar-refractivity contribution is 5.67. The molecule has 0 aromatic rings. The molecule has 0 rings (SSSR count). The Kier molecular flexibility index (Phi) is 5.75. The fourth-order valence-corrected chi connectivity index (χ4v) is 1.06. The number of hydrogen-bond donors (Lipinski definition) is 2. The highest BCUT2D eigenvalue weighted by Crippen LogP contribution is 2.12. The standard InChI is InChI=1S/C11H24N2O3/c1-8(2)6-7-9(14)13(12)10(15)16-11(3,4)5/h8-9,14H,6-7,12H2,1-5H3. The molecule has 16 heavy (non-hydrogen) atoms. The second-order valence-corrected chi connectivity index (χ2v) is 5.34. The van der Waals surface area contributed by atoms with Gasteiger partial charge in [-0.15, -0.1) is 0 Å². The van der Waals surface area contributed by atoms with Crippen molar-refractivity contribution in [3.63, 3.8) is 0 Å². The molecule has 96 valence electrons. The summed E-state index contributed by atoms with van der Waals surface area (Å²) in [6, 6.07) is 0. The maximum atomic E-state index is 11.5. The summed E-state index contributed by atoms with van der Waals surface area (Å²) in [6.07, 6.45) is -0.438. The van der Waals surface area contributed by atoms with Crippen molar-refractivity contribution in [2.45, 2.75) is 59.3 Å². The zero-order valence-electron chi connectivity index (χ0n) is 10.9. The van der Waals surface area contributed by atoms with Gasteiger partial charge in [0.1, 0.15) is 11.8 Å². The van der Waals surface area contributed by atoms with E-state index in [9.17, 15) is 9.90 Å². The number of nitrogens with zero attached hydrogens (tertiary/aromatic N) is 1. The molecule has 0 spiro atoms. The van der Waals surface area contributed by atoms with Crippen LogP contribution in [0.25, 0.3) is 0 Å². The van der Waals surface area contributed by atoms with E-state index in [1.165, 1.54) is 0 Å². The van der Waals surface area contributed by atoms with Crippen LogP contribution in [0, 0.1) is 5.92 Å². The summed E-state index contributed by atoms with van der Waals surface area (Å²) < 4.78 is 5.03. The number of nitrogens with two attached hydrogens (primary N) is 1. The van der Waals surface area contributed by atoms with Gasteiger partial charge in [-0.05, 0) is 39.5 Å². The van der Waals surface area contributed by atoms with Crippen molar-refractivity contribution in [1.82, 2.24) is 5.01 Å². The van der Waals surface area contributed by atoms with E-state index in [4.69, 9.17) is 10.6 Å².